The lowest BCUT2D eigenvalue weighted by Gasteiger charge is -2.19. The quantitative estimate of drug-likeness (QED) is 0.814. The van der Waals surface area contributed by atoms with E-state index in [9.17, 15) is 14.4 Å². The summed E-state index contributed by atoms with van der Waals surface area (Å²) < 4.78 is 5.09. The van der Waals surface area contributed by atoms with Gasteiger partial charge in [-0.05, 0) is 43.2 Å². The van der Waals surface area contributed by atoms with Crippen molar-refractivity contribution in [2.24, 2.45) is 0 Å². The van der Waals surface area contributed by atoms with E-state index in [0.29, 0.717) is 30.1 Å². The van der Waals surface area contributed by atoms with Crippen molar-refractivity contribution in [3.05, 3.63) is 48.0 Å². The van der Waals surface area contributed by atoms with Crippen molar-refractivity contribution in [2.45, 2.75) is 19.8 Å². The summed E-state index contributed by atoms with van der Waals surface area (Å²) in [5.41, 5.74) is 2.61. The molecule has 2 aromatic carbocycles. The van der Waals surface area contributed by atoms with Crippen molar-refractivity contribution in [2.75, 3.05) is 29.2 Å². The number of nitrogens with zero attached hydrogens (tertiary/aromatic N) is 1. The third kappa shape index (κ3) is 4.25. The smallest absolute Gasteiger partial charge is 0.314 e. The molecular weight excluding hydrogens is 346 g/mol. The van der Waals surface area contributed by atoms with Crippen molar-refractivity contribution in [1.82, 2.24) is 0 Å². The van der Waals surface area contributed by atoms with E-state index < -0.39 is 11.8 Å². The summed E-state index contributed by atoms with van der Waals surface area (Å²) in [6, 6.07) is 12.0. The number of ether oxygens (including phenoxy) is 1. The number of aryl methyl sites for hydroxylation is 1. The van der Waals surface area contributed by atoms with E-state index in [-0.39, 0.29) is 5.91 Å². The van der Waals surface area contributed by atoms with Gasteiger partial charge in [0.15, 0.2) is 0 Å². The van der Waals surface area contributed by atoms with E-state index in [1.54, 1.807) is 41.3 Å². The van der Waals surface area contributed by atoms with Gasteiger partial charge in [0.2, 0.25) is 5.91 Å². The lowest BCUT2D eigenvalue weighted by atomic mass is 10.1. The monoisotopic (exact) mass is 367 g/mol. The molecule has 7 nitrogen and oxygen atoms in total. The average molecular weight is 367 g/mol. The predicted octanol–water partition coefficient (Wildman–Crippen LogP) is 2.71. The fraction of sp³-hybridized carbons (Fsp3) is 0.250. The van der Waals surface area contributed by atoms with Gasteiger partial charge in [-0.1, -0.05) is 12.1 Å². The Morgan fingerprint density at radius 2 is 1.74 bits per heavy atom. The molecule has 140 valence electrons. The maximum absolute atomic E-state index is 12.2. The zero-order valence-corrected chi connectivity index (χ0v) is 15.2. The molecule has 0 aromatic heterocycles. The van der Waals surface area contributed by atoms with Crippen LogP contribution in [0.2, 0.25) is 0 Å². The number of methoxy groups -OCH3 is 1. The summed E-state index contributed by atoms with van der Waals surface area (Å²) in [4.78, 5) is 38.1. The first-order valence-corrected chi connectivity index (χ1v) is 8.65. The van der Waals surface area contributed by atoms with Gasteiger partial charge in [-0.3, -0.25) is 14.4 Å². The SMILES string of the molecule is COc1cccc(NC(=O)C(=O)Nc2ccc(C)c(N3CCCC3=O)c2)c1. The largest absolute Gasteiger partial charge is 0.497 e. The molecule has 7 heteroatoms. The molecule has 0 bridgehead atoms. The molecule has 2 N–H and O–H groups in total. The van der Waals surface area contributed by atoms with Gasteiger partial charge in [-0.2, -0.15) is 0 Å². The summed E-state index contributed by atoms with van der Waals surface area (Å²) in [7, 11) is 1.52. The van der Waals surface area contributed by atoms with Crippen molar-refractivity contribution >= 4 is 34.8 Å². The van der Waals surface area contributed by atoms with Crippen molar-refractivity contribution < 1.29 is 19.1 Å². The fourth-order valence-electron chi connectivity index (χ4n) is 2.96. The number of nitrogens with one attached hydrogen (secondary N) is 2. The first kappa shape index (κ1) is 18.4. The highest BCUT2D eigenvalue weighted by molar-refractivity contribution is 6.43. The van der Waals surface area contributed by atoms with E-state index in [2.05, 4.69) is 10.6 Å². The Morgan fingerprint density at radius 1 is 1.04 bits per heavy atom. The fourth-order valence-corrected chi connectivity index (χ4v) is 2.96. The molecule has 0 atom stereocenters. The summed E-state index contributed by atoms with van der Waals surface area (Å²) in [5, 5.41) is 5.11. The molecule has 0 aliphatic carbocycles. The molecule has 3 rings (SSSR count). The van der Waals surface area contributed by atoms with E-state index >= 15 is 0 Å². The number of amides is 3. The minimum absolute atomic E-state index is 0.0670. The van der Waals surface area contributed by atoms with Crippen LogP contribution >= 0.6 is 0 Å². The second-order valence-electron chi connectivity index (χ2n) is 6.29. The minimum atomic E-state index is -0.791. The normalized spacial score (nSPS) is 13.4. The molecule has 0 spiro atoms. The van der Waals surface area contributed by atoms with Gasteiger partial charge in [0.05, 0.1) is 7.11 Å². The molecular formula is C20H21N3O4. The Labute approximate surface area is 157 Å². The van der Waals surface area contributed by atoms with Crippen LogP contribution in [-0.4, -0.2) is 31.4 Å². The molecule has 0 saturated carbocycles. The molecule has 27 heavy (non-hydrogen) atoms. The van der Waals surface area contributed by atoms with Gasteiger partial charge in [-0.25, -0.2) is 0 Å². The van der Waals surface area contributed by atoms with Crippen molar-refractivity contribution in [3.8, 4) is 5.75 Å². The van der Waals surface area contributed by atoms with Gasteiger partial charge >= 0.3 is 11.8 Å². The first-order chi connectivity index (χ1) is 13.0. The van der Waals surface area contributed by atoms with E-state index in [0.717, 1.165) is 17.7 Å². The van der Waals surface area contributed by atoms with Gasteiger partial charge in [0.25, 0.3) is 0 Å². The number of anilines is 3. The van der Waals surface area contributed by atoms with E-state index in [4.69, 9.17) is 4.74 Å². The Hall–Kier alpha value is -3.35. The maximum Gasteiger partial charge on any atom is 0.314 e. The molecule has 2 aromatic rings. The summed E-state index contributed by atoms with van der Waals surface area (Å²) >= 11 is 0. The lowest BCUT2D eigenvalue weighted by molar-refractivity contribution is -0.132. The van der Waals surface area contributed by atoms with E-state index in [1.807, 2.05) is 13.0 Å². The van der Waals surface area contributed by atoms with Crippen LogP contribution in [0.15, 0.2) is 42.5 Å². The predicted molar refractivity (Wildman–Crippen MR) is 103 cm³/mol. The Kier molecular flexibility index (Phi) is 5.40. The Bertz CT molecular complexity index is 895. The van der Waals surface area contributed by atoms with Crippen LogP contribution in [0.5, 0.6) is 5.75 Å². The molecule has 1 aliphatic rings. The van der Waals surface area contributed by atoms with Crippen LogP contribution in [0.3, 0.4) is 0 Å². The van der Waals surface area contributed by atoms with Crippen LogP contribution in [0.25, 0.3) is 0 Å². The number of rotatable bonds is 4. The second kappa shape index (κ2) is 7.90. The van der Waals surface area contributed by atoms with Crippen molar-refractivity contribution in [1.29, 1.82) is 0 Å². The molecule has 3 amide bonds. The standard InChI is InChI=1S/C20H21N3O4/c1-13-8-9-15(12-17(13)23-10-4-7-18(23)24)22-20(26)19(25)21-14-5-3-6-16(11-14)27-2/h3,5-6,8-9,11-12H,4,7,10H2,1-2H3,(H,21,25)(H,22,26). The van der Waals surface area contributed by atoms with Crippen LogP contribution in [0.4, 0.5) is 17.1 Å². The summed E-state index contributed by atoms with van der Waals surface area (Å²) in [5.74, 6) is -0.938. The average Bonchev–Trinajstić information content (AvgIpc) is 3.09. The molecule has 1 fully saturated rings. The lowest BCUT2D eigenvalue weighted by Crippen LogP contribution is -2.29. The van der Waals surface area contributed by atoms with Gasteiger partial charge in [0.1, 0.15) is 5.75 Å². The van der Waals surface area contributed by atoms with Gasteiger partial charge in [0, 0.05) is 36.1 Å². The highest BCUT2D eigenvalue weighted by Gasteiger charge is 2.23. The number of carbonyl (C=O) groups excluding carboxylic acids is 3. The zero-order chi connectivity index (χ0) is 19.4. The highest BCUT2D eigenvalue weighted by Crippen LogP contribution is 2.28. The maximum atomic E-state index is 12.2. The molecule has 1 saturated heterocycles. The van der Waals surface area contributed by atoms with Crippen LogP contribution in [0.1, 0.15) is 18.4 Å². The number of hydrogen-bond acceptors (Lipinski definition) is 4. The number of carbonyl (C=O) groups is 3. The van der Waals surface area contributed by atoms with Gasteiger partial charge in [-0.15, -0.1) is 0 Å². The molecule has 1 heterocycles. The topological polar surface area (TPSA) is 87.7 Å². The van der Waals surface area contributed by atoms with Gasteiger partial charge < -0.3 is 20.3 Å². The Balaban J connectivity index is 1.70. The number of hydrogen-bond donors (Lipinski definition) is 2. The minimum Gasteiger partial charge on any atom is -0.497 e. The molecule has 1 aliphatic heterocycles. The first-order valence-electron chi connectivity index (χ1n) is 8.65. The highest BCUT2D eigenvalue weighted by atomic mass is 16.5. The molecule has 0 radical (unpaired) electrons. The van der Waals surface area contributed by atoms with Crippen molar-refractivity contribution in [3.63, 3.8) is 0 Å². The Morgan fingerprint density at radius 3 is 2.37 bits per heavy atom. The summed E-state index contributed by atoms with van der Waals surface area (Å²) in [6.45, 7) is 2.56. The third-order valence-electron chi connectivity index (χ3n) is 4.37. The van der Waals surface area contributed by atoms with E-state index in [1.165, 1.54) is 7.11 Å². The second-order valence-corrected chi connectivity index (χ2v) is 6.29. The third-order valence-corrected chi connectivity index (χ3v) is 4.37. The van der Waals surface area contributed by atoms with Crippen LogP contribution in [-0.2, 0) is 14.4 Å². The molecule has 0 unspecified atom stereocenters. The van der Waals surface area contributed by atoms with Crippen LogP contribution < -0.4 is 20.3 Å². The zero-order valence-electron chi connectivity index (χ0n) is 15.2. The number of benzene rings is 2. The van der Waals surface area contributed by atoms with Crippen LogP contribution in [0, 0.1) is 6.92 Å². The summed E-state index contributed by atoms with van der Waals surface area (Å²) in [6.07, 6.45) is 1.34.